The zero-order valence-electron chi connectivity index (χ0n) is 19.1. The molecule has 2 aliphatic rings. The van der Waals surface area contributed by atoms with Crippen LogP contribution in [-0.4, -0.2) is 18.7 Å². The van der Waals surface area contributed by atoms with Gasteiger partial charge in [-0.05, 0) is 35.8 Å². The Morgan fingerprint density at radius 2 is 1.72 bits per heavy atom. The van der Waals surface area contributed by atoms with Crippen LogP contribution in [0.1, 0.15) is 46.9 Å². The molecule has 2 aliphatic heterocycles. The first-order valence-corrected chi connectivity index (χ1v) is 10.7. The number of ether oxygens (including phenoxy) is 1. The topological polar surface area (TPSA) is 56.5 Å². The van der Waals surface area contributed by atoms with Crippen molar-refractivity contribution in [2.24, 2.45) is 7.05 Å². The average Bonchev–Trinajstić information content (AvgIpc) is 3.01. The van der Waals surface area contributed by atoms with E-state index < -0.39 is 11.7 Å². The Bertz CT molecular complexity index is 1170. The highest BCUT2D eigenvalue weighted by molar-refractivity contribution is 5.85. The zero-order chi connectivity index (χ0) is 23.0. The number of para-hydroxylation sites is 1. The van der Waals surface area contributed by atoms with E-state index in [0.29, 0.717) is 0 Å². The second-order valence-corrected chi connectivity index (χ2v) is 8.42. The minimum absolute atomic E-state index is 0.220. The molecule has 164 valence electrons. The van der Waals surface area contributed by atoms with E-state index in [1.54, 1.807) is 18.2 Å². The molecule has 5 heteroatoms. The van der Waals surface area contributed by atoms with Gasteiger partial charge in [0, 0.05) is 37.2 Å². The van der Waals surface area contributed by atoms with Gasteiger partial charge in [-0.1, -0.05) is 55.5 Å². The maximum Gasteiger partial charge on any atom is 0.221 e. The summed E-state index contributed by atoms with van der Waals surface area (Å²) in [5.41, 5.74) is 5.97. The van der Waals surface area contributed by atoms with Crippen LogP contribution in [-0.2, 0) is 7.05 Å². The van der Waals surface area contributed by atoms with Crippen molar-refractivity contribution in [2.75, 3.05) is 11.9 Å². The van der Waals surface area contributed by atoms with Crippen LogP contribution in [0, 0.1) is 6.92 Å². The number of fused-ring (bicyclic) bond motifs is 2. The number of aromatic carboxylic acids is 1. The van der Waals surface area contributed by atoms with Gasteiger partial charge >= 0.3 is 0 Å². The normalized spacial score (nSPS) is 20.5. The number of carboxylic acids is 1. The third-order valence-corrected chi connectivity index (χ3v) is 6.65. The minimum Gasteiger partial charge on any atom is -0.545 e. The molecule has 0 fully saturated rings. The molecule has 2 unspecified atom stereocenters. The van der Waals surface area contributed by atoms with E-state index >= 15 is 0 Å². The molecule has 0 radical (unpaired) electrons. The first kappa shape index (κ1) is 21.6. The summed E-state index contributed by atoms with van der Waals surface area (Å²) in [5, 5.41) is 10.1. The number of aryl methyl sites for hydroxylation is 1. The number of benzene rings is 2. The van der Waals surface area contributed by atoms with Crippen LogP contribution in [0.2, 0.25) is 0 Å². The number of anilines is 1. The van der Waals surface area contributed by atoms with E-state index in [0.717, 1.165) is 11.4 Å². The number of pyridine rings is 1. The fourth-order valence-corrected chi connectivity index (χ4v) is 4.74. The molecule has 1 spiro atoms. The van der Waals surface area contributed by atoms with Gasteiger partial charge in [0.1, 0.15) is 7.05 Å². The average molecular weight is 429 g/mol. The summed E-state index contributed by atoms with van der Waals surface area (Å²) >= 11 is 0. The third-order valence-electron chi connectivity index (χ3n) is 6.65. The number of nitrogens with zero attached hydrogens (tertiary/aromatic N) is 2. The lowest BCUT2D eigenvalue weighted by Gasteiger charge is -2.44. The van der Waals surface area contributed by atoms with Crippen molar-refractivity contribution in [2.45, 2.75) is 32.4 Å². The quantitative estimate of drug-likeness (QED) is 0.556. The van der Waals surface area contributed by atoms with Gasteiger partial charge in [0.25, 0.3) is 0 Å². The number of hydrogen-bond acceptors (Lipinski definition) is 4. The van der Waals surface area contributed by atoms with Crippen LogP contribution in [0.5, 0.6) is 5.75 Å². The molecule has 0 amide bonds. The highest BCUT2D eigenvalue weighted by Crippen LogP contribution is 2.53. The maximum atomic E-state index is 10.1. The van der Waals surface area contributed by atoms with Crippen molar-refractivity contribution < 1.29 is 19.2 Å². The summed E-state index contributed by atoms with van der Waals surface area (Å²) in [6, 6.07) is 18.8. The van der Waals surface area contributed by atoms with Crippen molar-refractivity contribution in [3.05, 3.63) is 94.8 Å². The summed E-state index contributed by atoms with van der Waals surface area (Å²) in [6.07, 6.45) is 4.38. The fraction of sp³-hybridized carbons (Fsp3) is 0.259. The molecule has 0 bridgehead atoms. The Balaban J connectivity index is 0.000000230. The number of rotatable bonds is 1. The van der Waals surface area contributed by atoms with Gasteiger partial charge < -0.3 is 19.5 Å². The molecule has 0 saturated heterocycles. The van der Waals surface area contributed by atoms with E-state index in [9.17, 15) is 9.90 Å². The van der Waals surface area contributed by atoms with E-state index in [2.05, 4.69) is 86.9 Å². The van der Waals surface area contributed by atoms with Crippen LogP contribution in [0.3, 0.4) is 0 Å². The molecule has 3 aromatic rings. The number of carbonyl (C=O) groups is 1. The first-order chi connectivity index (χ1) is 15.3. The molecule has 5 nitrogen and oxygen atoms in total. The van der Waals surface area contributed by atoms with Gasteiger partial charge in [0.2, 0.25) is 11.4 Å². The molecule has 2 atom stereocenters. The van der Waals surface area contributed by atoms with Gasteiger partial charge in [-0.2, -0.15) is 0 Å². The predicted molar refractivity (Wildman–Crippen MR) is 123 cm³/mol. The third kappa shape index (κ3) is 3.34. The monoisotopic (exact) mass is 428 g/mol. The van der Waals surface area contributed by atoms with E-state index in [4.69, 9.17) is 4.74 Å². The molecule has 5 rings (SSSR count). The number of carbonyl (C=O) groups excluding carboxylic acids is 1. The van der Waals surface area contributed by atoms with Gasteiger partial charge in [0.05, 0.1) is 5.97 Å². The second kappa shape index (κ2) is 8.15. The van der Waals surface area contributed by atoms with Crippen molar-refractivity contribution >= 4 is 17.7 Å². The standard InChI is InChI=1S/C20H23N2O.C7H6O2/c1-13-12-16-10-11-21(4)15(3)19(16)23-20(13)14(2)17-8-6-7-9-18(17)22(20)5;8-7(9)6-4-2-1-3-5-6/h6-12,14H,1-5H3;1-5H,(H,8,9)/q+1;/p-1. The van der Waals surface area contributed by atoms with Crippen LogP contribution < -0.4 is 19.3 Å². The van der Waals surface area contributed by atoms with Crippen LogP contribution in [0.25, 0.3) is 6.08 Å². The van der Waals surface area contributed by atoms with E-state index in [-0.39, 0.29) is 11.5 Å². The molecular weight excluding hydrogens is 400 g/mol. The fourth-order valence-electron chi connectivity index (χ4n) is 4.74. The molecule has 32 heavy (non-hydrogen) atoms. The van der Waals surface area contributed by atoms with Crippen LogP contribution in [0.15, 0.2) is 72.4 Å². The largest absolute Gasteiger partial charge is 0.545 e. The molecule has 0 aliphatic carbocycles. The van der Waals surface area contributed by atoms with Crippen LogP contribution >= 0.6 is 0 Å². The highest BCUT2D eigenvalue weighted by atomic mass is 16.5. The Morgan fingerprint density at radius 1 is 1.06 bits per heavy atom. The predicted octanol–water partition coefficient (Wildman–Crippen LogP) is 3.62. The lowest BCUT2D eigenvalue weighted by atomic mass is 9.85. The smallest absolute Gasteiger partial charge is 0.221 e. The van der Waals surface area contributed by atoms with Crippen molar-refractivity contribution in [1.29, 1.82) is 0 Å². The van der Waals surface area contributed by atoms with Gasteiger partial charge in [-0.3, -0.25) is 0 Å². The number of hydrogen-bond donors (Lipinski definition) is 0. The lowest BCUT2D eigenvalue weighted by molar-refractivity contribution is -0.678. The summed E-state index contributed by atoms with van der Waals surface area (Å²) in [5.74, 6) is 0.140. The Labute approximate surface area is 189 Å². The van der Waals surface area contributed by atoms with E-state index in [1.165, 1.54) is 34.5 Å². The van der Waals surface area contributed by atoms with Crippen LogP contribution in [0.4, 0.5) is 5.69 Å². The van der Waals surface area contributed by atoms with Gasteiger partial charge in [-0.15, -0.1) is 0 Å². The van der Waals surface area contributed by atoms with E-state index in [1.807, 2.05) is 0 Å². The molecule has 3 heterocycles. The molecule has 0 saturated carbocycles. The summed E-state index contributed by atoms with van der Waals surface area (Å²) in [7, 11) is 4.20. The number of likely N-dealkylation sites (N-methyl/N-ethyl adjacent to an activating group) is 1. The highest BCUT2D eigenvalue weighted by Gasteiger charge is 2.53. The minimum atomic E-state index is -1.13. The second-order valence-electron chi connectivity index (χ2n) is 8.42. The Morgan fingerprint density at radius 3 is 2.34 bits per heavy atom. The van der Waals surface area contributed by atoms with Gasteiger partial charge in [0.15, 0.2) is 11.9 Å². The number of aromatic nitrogens is 1. The van der Waals surface area contributed by atoms with Crippen molar-refractivity contribution in [3.8, 4) is 5.75 Å². The Hall–Kier alpha value is -3.60. The SMILES string of the molecule is CC1=Cc2cc[n+](C)c(C)c2OC12C(C)c1ccccc1N2C.O=C([O-])c1ccccc1. The van der Waals surface area contributed by atoms with Crippen molar-refractivity contribution in [3.63, 3.8) is 0 Å². The Kier molecular flexibility index (Phi) is 5.51. The summed E-state index contributed by atoms with van der Waals surface area (Å²) < 4.78 is 8.87. The molecule has 0 N–H and O–H groups in total. The number of carboxylic acid groups (broad SMARTS) is 1. The zero-order valence-corrected chi connectivity index (χ0v) is 19.1. The maximum absolute atomic E-state index is 10.1. The molecule has 1 aromatic heterocycles. The van der Waals surface area contributed by atoms with Gasteiger partial charge in [-0.25, -0.2) is 4.57 Å². The first-order valence-electron chi connectivity index (χ1n) is 10.7. The summed E-state index contributed by atoms with van der Waals surface area (Å²) in [4.78, 5) is 12.4. The van der Waals surface area contributed by atoms with Crippen molar-refractivity contribution in [1.82, 2.24) is 0 Å². The summed E-state index contributed by atoms with van der Waals surface area (Å²) in [6.45, 7) is 6.57. The molecular formula is C27H28N2O3. The molecule has 2 aromatic carbocycles. The lowest BCUT2D eigenvalue weighted by Crippen LogP contribution is -2.54.